The molecule has 0 aliphatic carbocycles. The fourth-order valence-corrected chi connectivity index (χ4v) is 2.25. The van der Waals surface area contributed by atoms with Crippen molar-refractivity contribution in [1.29, 1.82) is 5.41 Å². The van der Waals surface area contributed by atoms with Crippen molar-refractivity contribution < 1.29 is 4.79 Å². The van der Waals surface area contributed by atoms with Crippen LogP contribution in [0.3, 0.4) is 0 Å². The Morgan fingerprint density at radius 2 is 2.00 bits per heavy atom. The Bertz CT molecular complexity index is 478. The third kappa shape index (κ3) is 2.93. The molecule has 2 rings (SSSR count). The molecule has 1 aromatic rings. The third-order valence-electron chi connectivity index (χ3n) is 3.52. The normalized spacial score (nSPS) is 16.2. The molecule has 1 heterocycles. The highest BCUT2D eigenvalue weighted by atomic mass is 16.1. The number of nitrogens with zero attached hydrogens (tertiary/aromatic N) is 2. The van der Waals surface area contributed by atoms with E-state index in [1.807, 2.05) is 13.1 Å². The number of anilines is 1. The lowest BCUT2D eigenvalue weighted by atomic mass is 10.1. The van der Waals surface area contributed by atoms with Crippen LogP contribution in [0.25, 0.3) is 0 Å². The van der Waals surface area contributed by atoms with E-state index in [1.165, 1.54) is 0 Å². The van der Waals surface area contributed by atoms with Gasteiger partial charge in [0.1, 0.15) is 12.1 Å². The molecule has 0 aromatic heterocycles. The second-order valence-corrected chi connectivity index (χ2v) is 4.81. The maximum Gasteiger partial charge on any atom is 0.150 e. The number of carbonyl (C=O) groups is 1. The topological polar surface area (TPSA) is 59.4 Å². The summed E-state index contributed by atoms with van der Waals surface area (Å²) in [7, 11) is 3.92. The van der Waals surface area contributed by atoms with Gasteiger partial charge < -0.3 is 15.1 Å². The molecule has 5 heteroatoms. The van der Waals surface area contributed by atoms with Gasteiger partial charge in [-0.2, -0.15) is 0 Å². The van der Waals surface area contributed by atoms with E-state index in [0.717, 1.165) is 43.7 Å². The highest BCUT2D eigenvalue weighted by molar-refractivity contribution is 6.02. The van der Waals surface area contributed by atoms with E-state index in [9.17, 15) is 4.79 Å². The molecule has 5 nitrogen and oxygen atoms in total. The molecule has 1 aromatic carbocycles. The standard InChI is InChI=1S/C14H20N4O/c1-16-13-4-3-11(10-19)9-12(13)14(15)18-7-5-17(2)6-8-18/h3-4,9-10,15-16H,5-8H2,1-2H3. The van der Waals surface area contributed by atoms with Crippen LogP contribution in [0.15, 0.2) is 18.2 Å². The van der Waals surface area contributed by atoms with Gasteiger partial charge in [-0.05, 0) is 25.2 Å². The molecule has 0 radical (unpaired) electrons. The molecule has 0 amide bonds. The first-order valence-electron chi connectivity index (χ1n) is 6.45. The van der Waals surface area contributed by atoms with Crippen LogP contribution in [0.1, 0.15) is 15.9 Å². The summed E-state index contributed by atoms with van der Waals surface area (Å²) in [4.78, 5) is 15.2. The van der Waals surface area contributed by atoms with Crippen LogP contribution < -0.4 is 5.32 Å². The summed E-state index contributed by atoms with van der Waals surface area (Å²) in [6.07, 6.45) is 0.820. The molecule has 102 valence electrons. The maximum absolute atomic E-state index is 10.9. The summed E-state index contributed by atoms with van der Waals surface area (Å²) in [5.41, 5.74) is 2.28. The van der Waals surface area contributed by atoms with Gasteiger partial charge in [0.05, 0.1) is 0 Å². The molecule has 0 saturated carbocycles. The van der Waals surface area contributed by atoms with Crippen LogP contribution >= 0.6 is 0 Å². The summed E-state index contributed by atoms with van der Waals surface area (Å²) in [5, 5.41) is 11.4. The smallest absolute Gasteiger partial charge is 0.150 e. The van der Waals surface area contributed by atoms with Gasteiger partial charge in [-0.25, -0.2) is 0 Å². The number of amidine groups is 1. The van der Waals surface area contributed by atoms with Gasteiger partial charge in [-0.15, -0.1) is 0 Å². The van der Waals surface area contributed by atoms with Crippen molar-refractivity contribution >= 4 is 17.8 Å². The molecule has 1 aliphatic heterocycles. The summed E-state index contributed by atoms with van der Waals surface area (Å²) in [6.45, 7) is 3.63. The SMILES string of the molecule is CNc1ccc(C=O)cc1C(=N)N1CCN(C)CC1. The molecule has 1 fully saturated rings. The zero-order chi connectivity index (χ0) is 13.8. The Morgan fingerprint density at radius 3 is 2.58 bits per heavy atom. The Balaban J connectivity index is 2.24. The molecule has 0 spiro atoms. The molecule has 2 N–H and O–H groups in total. The van der Waals surface area contributed by atoms with E-state index in [2.05, 4.69) is 22.2 Å². The van der Waals surface area contributed by atoms with Gasteiger partial charge in [-0.3, -0.25) is 10.2 Å². The predicted octanol–water partition coefficient (Wildman–Crippen LogP) is 1.11. The van der Waals surface area contributed by atoms with Gasteiger partial charge in [0, 0.05) is 50.0 Å². The van der Waals surface area contributed by atoms with Crippen molar-refractivity contribution in [3.63, 3.8) is 0 Å². The number of rotatable bonds is 3. The summed E-state index contributed by atoms with van der Waals surface area (Å²) >= 11 is 0. The number of hydrogen-bond acceptors (Lipinski definition) is 4. The minimum absolute atomic E-state index is 0.487. The summed E-state index contributed by atoms with van der Waals surface area (Å²) in [6, 6.07) is 5.39. The summed E-state index contributed by atoms with van der Waals surface area (Å²) < 4.78 is 0. The van der Waals surface area contributed by atoms with Crippen LogP contribution in [-0.2, 0) is 0 Å². The van der Waals surface area contributed by atoms with E-state index in [1.54, 1.807) is 12.1 Å². The average molecular weight is 260 g/mol. The molecular formula is C14H20N4O. The number of piperazine rings is 1. The van der Waals surface area contributed by atoms with E-state index in [4.69, 9.17) is 5.41 Å². The predicted molar refractivity (Wildman–Crippen MR) is 77.3 cm³/mol. The Morgan fingerprint density at radius 1 is 1.32 bits per heavy atom. The zero-order valence-corrected chi connectivity index (χ0v) is 11.4. The molecule has 1 aliphatic rings. The Hall–Kier alpha value is -1.88. The molecule has 0 atom stereocenters. The van der Waals surface area contributed by atoms with Crippen molar-refractivity contribution in [2.75, 3.05) is 45.6 Å². The first-order valence-corrected chi connectivity index (χ1v) is 6.45. The number of carbonyl (C=O) groups excluding carboxylic acids is 1. The number of hydrogen-bond donors (Lipinski definition) is 2. The summed E-state index contributed by atoms with van der Waals surface area (Å²) in [5.74, 6) is 0.487. The molecular weight excluding hydrogens is 240 g/mol. The van der Waals surface area contributed by atoms with E-state index >= 15 is 0 Å². The minimum atomic E-state index is 0.487. The Labute approximate surface area is 113 Å². The Kier molecular flexibility index (Phi) is 4.16. The average Bonchev–Trinajstić information content (AvgIpc) is 2.46. The van der Waals surface area contributed by atoms with Crippen LogP contribution in [0.5, 0.6) is 0 Å². The van der Waals surface area contributed by atoms with Crippen molar-refractivity contribution in [3.8, 4) is 0 Å². The lowest BCUT2D eigenvalue weighted by Crippen LogP contribution is -2.47. The van der Waals surface area contributed by atoms with Gasteiger partial charge >= 0.3 is 0 Å². The van der Waals surface area contributed by atoms with Crippen molar-refractivity contribution in [2.45, 2.75) is 0 Å². The van der Waals surface area contributed by atoms with E-state index < -0.39 is 0 Å². The van der Waals surface area contributed by atoms with Crippen LogP contribution in [0.4, 0.5) is 5.69 Å². The van der Waals surface area contributed by atoms with Crippen molar-refractivity contribution in [2.24, 2.45) is 0 Å². The number of likely N-dealkylation sites (N-methyl/N-ethyl adjacent to an activating group) is 1. The number of aldehydes is 1. The molecule has 0 bridgehead atoms. The van der Waals surface area contributed by atoms with Crippen molar-refractivity contribution in [1.82, 2.24) is 9.80 Å². The number of benzene rings is 1. The second kappa shape index (κ2) is 5.84. The minimum Gasteiger partial charge on any atom is -0.388 e. The van der Waals surface area contributed by atoms with Gasteiger partial charge in [-0.1, -0.05) is 0 Å². The molecule has 0 unspecified atom stereocenters. The number of nitrogens with one attached hydrogen (secondary N) is 2. The fraction of sp³-hybridized carbons (Fsp3) is 0.429. The highest BCUT2D eigenvalue weighted by Crippen LogP contribution is 2.19. The lowest BCUT2D eigenvalue weighted by molar-refractivity contribution is 0.112. The first kappa shape index (κ1) is 13.5. The molecule has 19 heavy (non-hydrogen) atoms. The van der Waals surface area contributed by atoms with Gasteiger partial charge in [0.25, 0.3) is 0 Å². The van der Waals surface area contributed by atoms with Gasteiger partial charge in [0.15, 0.2) is 0 Å². The highest BCUT2D eigenvalue weighted by Gasteiger charge is 2.19. The maximum atomic E-state index is 10.9. The second-order valence-electron chi connectivity index (χ2n) is 4.81. The van der Waals surface area contributed by atoms with Crippen molar-refractivity contribution in [3.05, 3.63) is 29.3 Å². The molecule has 1 saturated heterocycles. The van der Waals surface area contributed by atoms with Crippen LogP contribution in [0, 0.1) is 5.41 Å². The van der Waals surface area contributed by atoms with Crippen LogP contribution in [0.2, 0.25) is 0 Å². The monoisotopic (exact) mass is 260 g/mol. The zero-order valence-electron chi connectivity index (χ0n) is 11.4. The van der Waals surface area contributed by atoms with Gasteiger partial charge in [0.2, 0.25) is 0 Å². The third-order valence-corrected chi connectivity index (χ3v) is 3.52. The quantitative estimate of drug-likeness (QED) is 0.485. The fourth-order valence-electron chi connectivity index (χ4n) is 2.25. The lowest BCUT2D eigenvalue weighted by Gasteiger charge is -2.34. The largest absolute Gasteiger partial charge is 0.388 e. The first-order chi connectivity index (χ1) is 9.15. The van der Waals surface area contributed by atoms with Crippen LogP contribution in [-0.4, -0.2) is 62.2 Å². The van der Waals surface area contributed by atoms with E-state index in [-0.39, 0.29) is 0 Å². The van der Waals surface area contributed by atoms with E-state index in [0.29, 0.717) is 11.4 Å².